The fraction of sp³-hybridized carbons (Fsp3) is 0.0625. The minimum atomic E-state index is -0.438. The number of nitro benzene ring substituents is 1. The zero-order valence-corrected chi connectivity index (χ0v) is 11.8. The molecule has 0 aliphatic rings. The van der Waals surface area contributed by atoms with E-state index in [1.54, 1.807) is 24.4 Å². The lowest BCUT2D eigenvalue weighted by molar-refractivity contribution is -0.384. The summed E-state index contributed by atoms with van der Waals surface area (Å²) in [5.74, 6) is 0.670. The molecular weight excluding hydrogens is 282 g/mol. The first-order valence-corrected chi connectivity index (χ1v) is 6.57. The van der Waals surface area contributed by atoms with Crippen molar-refractivity contribution in [3.8, 4) is 5.75 Å². The second-order valence-electron chi connectivity index (χ2n) is 4.31. The zero-order valence-electron chi connectivity index (χ0n) is 11.8. The van der Waals surface area contributed by atoms with E-state index in [9.17, 15) is 10.1 Å². The van der Waals surface area contributed by atoms with Crippen LogP contribution in [-0.4, -0.2) is 17.7 Å². The highest BCUT2D eigenvalue weighted by Crippen LogP contribution is 2.23. The van der Waals surface area contributed by atoms with Crippen LogP contribution in [0.15, 0.2) is 66.3 Å². The van der Waals surface area contributed by atoms with E-state index in [0.717, 1.165) is 11.3 Å². The van der Waals surface area contributed by atoms with E-state index in [1.807, 2.05) is 24.3 Å². The number of hydrogen-bond donors (Lipinski definition) is 1. The van der Waals surface area contributed by atoms with Gasteiger partial charge in [0.2, 0.25) is 0 Å². The Bertz CT molecular complexity index is 681. The van der Waals surface area contributed by atoms with Crippen LogP contribution in [0.3, 0.4) is 0 Å². The molecule has 0 unspecified atom stereocenters. The van der Waals surface area contributed by atoms with Crippen molar-refractivity contribution >= 4 is 17.6 Å². The Kier molecular flexibility index (Phi) is 5.25. The van der Waals surface area contributed by atoms with Crippen LogP contribution in [0.2, 0.25) is 0 Å². The van der Waals surface area contributed by atoms with E-state index in [-0.39, 0.29) is 5.69 Å². The Hall–Kier alpha value is -3.15. The molecule has 0 saturated heterocycles. The third-order valence-corrected chi connectivity index (χ3v) is 2.75. The van der Waals surface area contributed by atoms with Gasteiger partial charge in [0.25, 0.3) is 5.69 Å². The molecule has 0 aliphatic carbocycles. The lowest BCUT2D eigenvalue weighted by Gasteiger charge is -2.08. The van der Waals surface area contributed by atoms with Gasteiger partial charge in [-0.3, -0.25) is 15.5 Å². The maximum Gasteiger partial charge on any atom is 0.269 e. The van der Waals surface area contributed by atoms with Gasteiger partial charge in [-0.15, -0.1) is 0 Å². The lowest BCUT2D eigenvalue weighted by atomic mass is 10.2. The molecule has 112 valence electrons. The highest BCUT2D eigenvalue weighted by molar-refractivity contribution is 5.80. The van der Waals surface area contributed by atoms with Crippen LogP contribution in [0.25, 0.3) is 0 Å². The molecule has 0 saturated carbocycles. The number of benzene rings is 2. The summed E-state index contributed by atoms with van der Waals surface area (Å²) in [5.41, 5.74) is 4.41. The molecule has 0 amide bonds. The largest absolute Gasteiger partial charge is 0.487 e. The van der Waals surface area contributed by atoms with E-state index in [1.165, 1.54) is 12.1 Å². The quantitative estimate of drug-likeness (QED) is 0.366. The number of nitrogens with one attached hydrogen (secondary N) is 1. The first-order valence-electron chi connectivity index (χ1n) is 6.57. The summed E-state index contributed by atoms with van der Waals surface area (Å²) in [6, 6.07) is 13.5. The first kappa shape index (κ1) is 15.2. The van der Waals surface area contributed by atoms with Crippen LogP contribution < -0.4 is 10.2 Å². The molecule has 0 atom stereocenters. The zero-order chi connectivity index (χ0) is 15.8. The lowest BCUT2D eigenvalue weighted by Crippen LogP contribution is -1.98. The molecule has 1 N–H and O–H groups in total. The van der Waals surface area contributed by atoms with Gasteiger partial charge in [0, 0.05) is 12.1 Å². The average Bonchev–Trinajstić information content (AvgIpc) is 2.54. The summed E-state index contributed by atoms with van der Waals surface area (Å²) < 4.78 is 5.50. The van der Waals surface area contributed by atoms with Gasteiger partial charge in [-0.1, -0.05) is 24.8 Å². The summed E-state index contributed by atoms with van der Waals surface area (Å²) in [4.78, 5) is 10.1. The van der Waals surface area contributed by atoms with E-state index in [2.05, 4.69) is 17.1 Å². The van der Waals surface area contributed by atoms with Crippen LogP contribution >= 0.6 is 0 Å². The summed E-state index contributed by atoms with van der Waals surface area (Å²) in [7, 11) is 0. The SMILES string of the molecule is C=CCOc1ccccc1N/N=C\c1ccc([N+](=O)[O-])cc1. The first-order chi connectivity index (χ1) is 10.7. The Morgan fingerprint density at radius 1 is 1.23 bits per heavy atom. The van der Waals surface area contributed by atoms with E-state index in [4.69, 9.17) is 4.74 Å². The smallest absolute Gasteiger partial charge is 0.269 e. The van der Waals surface area contributed by atoms with E-state index < -0.39 is 4.92 Å². The summed E-state index contributed by atoms with van der Waals surface area (Å²) >= 11 is 0. The number of non-ortho nitro benzene ring substituents is 1. The fourth-order valence-corrected chi connectivity index (χ4v) is 1.69. The molecule has 0 aromatic heterocycles. The molecule has 0 fully saturated rings. The van der Waals surface area contributed by atoms with Gasteiger partial charge in [-0.05, 0) is 29.8 Å². The van der Waals surface area contributed by atoms with Crippen LogP contribution in [0.5, 0.6) is 5.75 Å². The molecule has 2 aromatic rings. The number of anilines is 1. The summed E-state index contributed by atoms with van der Waals surface area (Å²) in [6.07, 6.45) is 3.24. The van der Waals surface area contributed by atoms with Gasteiger partial charge in [-0.25, -0.2) is 0 Å². The molecule has 0 bridgehead atoms. The highest BCUT2D eigenvalue weighted by atomic mass is 16.6. The van der Waals surface area contributed by atoms with Gasteiger partial charge in [-0.2, -0.15) is 5.10 Å². The predicted molar refractivity (Wildman–Crippen MR) is 86.4 cm³/mol. The number of hydrazone groups is 1. The number of ether oxygens (including phenoxy) is 1. The van der Waals surface area contributed by atoms with Crippen molar-refractivity contribution in [2.75, 3.05) is 12.0 Å². The second-order valence-corrected chi connectivity index (χ2v) is 4.31. The van der Waals surface area contributed by atoms with Gasteiger partial charge >= 0.3 is 0 Å². The Labute approximate surface area is 127 Å². The molecule has 2 aromatic carbocycles. The van der Waals surface area contributed by atoms with Crippen molar-refractivity contribution in [1.82, 2.24) is 0 Å². The fourth-order valence-electron chi connectivity index (χ4n) is 1.69. The summed E-state index contributed by atoms with van der Waals surface area (Å²) in [6.45, 7) is 4.01. The van der Waals surface area contributed by atoms with Crippen LogP contribution in [0.1, 0.15) is 5.56 Å². The Balaban J connectivity index is 2.03. The van der Waals surface area contributed by atoms with Crippen molar-refractivity contribution in [3.63, 3.8) is 0 Å². The average molecular weight is 297 g/mol. The number of hydrogen-bond acceptors (Lipinski definition) is 5. The standard InChI is InChI=1S/C16H15N3O3/c1-2-11-22-16-6-4-3-5-15(16)18-17-12-13-7-9-14(10-8-13)19(20)21/h2-10,12,18H,1,11H2/b17-12-. The van der Waals surface area contributed by atoms with Gasteiger partial charge in [0.05, 0.1) is 16.8 Å². The van der Waals surface area contributed by atoms with E-state index in [0.29, 0.717) is 12.4 Å². The second kappa shape index (κ2) is 7.58. The molecule has 0 heterocycles. The van der Waals surface area contributed by atoms with Crippen molar-refractivity contribution < 1.29 is 9.66 Å². The molecule has 0 aliphatic heterocycles. The topological polar surface area (TPSA) is 76.8 Å². The monoisotopic (exact) mass is 297 g/mol. The maximum absolute atomic E-state index is 10.6. The Morgan fingerprint density at radius 2 is 1.95 bits per heavy atom. The molecule has 0 radical (unpaired) electrons. The molecule has 6 heteroatoms. The predicted octanol–water partition coefficient (Wildman–Crippen LogP) is 3.61. The van der Waals surface area contributed by atoms with Crippen molar-refractivity contribution in [2.45, 2.75) is 0 Å². The van der Waals surface area contributed by atoms with Gasteiger partial charge in [0.1, 0.15) is 12.4 Å². The van der Waals surface area contributed by atoms with Crippen molar-refractivity contribution in [3.05, 3.63) is 76.9 Å². The van der Waals surface area contributed by atoms with Crippen LogP contribution in [0.4, 0.5) is 11.4 Å². The third kappa shape index (κ3) is 4.17. The molecule has 2 rings (SSSR count). The Morgan fingerprint density at radius 3 is 2.64 bits per heavy atom. The van der Waals surface area contributed by atoms with Crippen LogP contribution in [0, 0.1) is 10.1 Å². The normalized spacial score (nSPS) is 10.4. The van der Waals surface area contributed by atoms with Crippen LogP contribution in [-0.2, 0) is 0 Å². The molecular formula is C16H15N3O3. The molecule has 6 nitrogen and oxygen atoms in total. The minimum Gasteiger partial charge on any atom is -0.487 e. The van der Waals surface area contributed by atoms with Crippen molar-refractivity contribution in [1.29, 1.82) is 0 Å². The number of para-hydroxylation sites is 2. The van der Waals surface area contributed by atoms with Gasteiger partial charge in [0.15, 0.2) is 0 Å². The number of nitrogens with zero attached hydrogens (tertiary/aromatic N) is 2. The molecule has 0 spiro atoms. The number of rotatable bonds is 7. The van der Waals surface area contributed by atoms with E-state index >= 15 is 0 Å². The highest BCUT2D eigenvalue weighted by Gasteiger charge is 2.03. The molecule has 22 heavy (non-hydrogen) atoms. The maximum atomic E-state index is 10.6. The number of nitro groups is 1. The van der Waals surface area contributed by atoms with Gasteiger partial charge < -0.3 is 4.74 Å². The summed E-state index contributed by atoms with van der Waals surface area (Å²) in [5, 5.41) is 14.7. The third-order valence-electron chi connectivity index (χ3n) is 2.75. The van der Waals surface area contributed by atoms with Crippen molar-refractivity contribution in [2.24, 2.45) is 5.10 Å². The minimum absolute atomic E-state index is 0.0493.